The molecule has 6 heteroatoms. The van der Waals surface area contributed by atoms with Crippen molar-refractivity contribution in [1.29, 1.82) is 0 Å². The van der Waals surface area contributed by atoms with Crippen LogP contribution < -0.4 is 0 Å². The fourth-order valence-corrected chi connectivity index (χ4v) is 1.40. The zero-order chi connectivity index (χ0) is 10.0. The average molecular weight is 224 g/mol. The molecule has 0 N–H and O–H groups in total. The largest absolute Gasteiger partial charge is 0.264 e. The summed E-state index contributed by atoms with van der Waals surface area (Å²) in [7, 11) is 0. The summed E-state index contributed by atoms with van der Waals surface area (Å²) < 4.78 is 13.0. The van der Waals surface area contributed by atoms with Gasteiger partial charge in [-0.25, -0.2) is 4.39 Å². The molecule has 13 heavy (non-hydrogen) atoms. The molecule has 0 atom stereocenters. The Morgan fingerprint density at radius 3 is 2.62 bits per heavy atom. The van der Waals surface area contributed by atoms with Crippen LogP contribution in [0.5, 0.6) is 0 Å². The van der Waals surface area contributed by atoms with Gasteiger partial charge in [0.15, 0.2) is 5.82 Å². The van der Waals surface area contributed by atoms with Gasteiger partial charge in [-0.1, -0.05) is 23.2 Å². The first kappa shape index (κ1) is 10.2. The summed E-state index contributed by atoms with van der Waals surface area (Å²) in [5.74, 6) is -0.789. The molecule has 0 fully saturated rings. The molecule has 0 saturated carbocycles. The fourth-order valence-electron chi connectivity index (χ4n) is 0.863. The minimum atomic E-state index is -0.789. The average Bonchev–Trinajstić information content (AvgIpc) is 1.98. The van der Waals surface area contributed by atoms with E-state index in [1.807, 2.05) is 0 Å². The van der Waals surface area contributed by atoms with E-state index in [0.29, 0.717) is 0 Å². The highest BCUT2D eigenvalue weighted by Gasteiger charge is 2.12. The lowest BCUT2D eigenvalue weighted by Crippen LogP contribution is -2.01. The zero-order valence-corrected chi connectivity index (χ0v) is 7.77. The van der Waals surface area contributed by atoms with E-state index >= 15 is 0 Å². The van der Waals surface area contributed by atoms with Gasteiger partial charge >= 0.3 is 0 Å². The fraction of sp³-hybridized carbons (Fsp3) is 0.143. The Bertz CT molecular complexity index is 357. The number of benzene rings is 1. The molecule has 0 aliphatic rings. The summed E-state index contributed by atoms with van der Waals surface area (Å²) >= 11 is 11.0. The Morgan fingerprint density at radius 2 is 2.08 bits per heavy atom. The van der Waals surface area contributed by atoms with Crippen molar-refractivity contribution in [3.63, 3.8) is 0 Å². The molecule has 0 aliphatic carbocycles. The second-order valence-corrected chi connectivity index (χ2v) is 3.20. The number of nitrogens with zero attached hydrogens (tertiary/aromatic N) is 1. The van der Waals surface area contributed by atoms with Crippen LogP contribution in [0.1, 0.15) is 5.56 Å². The highest BCUT2D eigenvalue weighted by Crippen LogP contribution is 2.24. The maximum atomic E-state index is 13.0. The molecule has 0 saturated heterocycles. The molecular formula is C7H4Cl2FNO2. The molecule has 0 heterocycles. The standard InChI is InChI=1S/C7H4Cl2FNO2/c8-5-1-4(3-11(12)13)7(10)6(9)2-5/h1-2H,3H2. The van der Waals surface area contributed by atoms with Gasteiger partial charge in [0, 0.05) is 9.95 Å². The van der Waals surface area contributed by atoms with Crippen molar-refractivity contribution in [3.05, 3.63) is 43.7 Å². The molecule has 1 rings (SSSR count). The van der Waals surface area contributed by atoms with E-state index in [-0.39, 0.29) is 15.6 Å². The lowest BCUT2D eigenvalue weighted by atomic mass is 10.2. The first-order valence-corrected chi connectivity index (χ1v) is 4.01. The smallest absolute Gasteiger partial charge is 0.231 e. The van der Waals surface area contributed by atoms with Crippen LogP contribution in [-0.4, -0.2) is 4.92 Å². The summed E-state index contributed by atoms with van der Waals surface area (Å²) in [4.78, 5) is 9.45. The summed E-state index contributed by atoms with van der Waals surface area (Å²) in [5, 5.41) is 10.1. The third-order valence-corrected chi connectivity index (χ3v) is 1.86. The predicted octanol–water partition coefficient (Wildman–Crippen LogP) is 2.91. The van der Waals surface area contributed by atoms with Crippen LogP contribution in [0.2, 0.25) is 10.0 Å². The molecular weight excluding hydrogens is 220 g/mol. The molecule has 3 nitrogen and oxygen atoms in total. The topological polar surface area (TPSA) is 43.1 Å². The molecule has 0 aliphatic heterocycles. The van der Waals surface area contributed by atoms with Crippen molar-refractivity contribution < 1.29 is 9.31 Å². The lowest BCUT2D eigenvalue weighted by Gasteiger charge is -2.00. The molecule has 70 valence electrons. The Kier molecular flexibility index (Phi) is 3.06. The van der Waals surface area contributed by atoms with E-state index in [4.69, 9.17) is 23.2 Å². The quantitative estimate of drug-likeness (QED) is 0.440. The van der Waals surface area contributed by atoms with Gasteiger partial charge in [0.25, 0.3) is 0 Å². The van der Waals surface area contributed by atoms with Crippen molar-refractivity contribution in [2.24, 2.45) is 0 Å². The summed E-state index contributed by atoms with van der Waals surface area (Å²) in [5.41, 5.74) is -0.109. The summed E-state index contributed by atoms with van der Waals surface area (Å²) in [6.07, 6.45) is 0. The molecule has 0 aromatic heterocycles. The van der Waals surface area contributed by atoms with Crippen LogP contribution >= 0.6 is 23.2 Å². The minimum Gasteiger partial charge on any atom is -0.264 e. The Morgan fingerprint density at radius 1 is 1.46 bits per heavy atom. The monoisotopic (exact) mass is 223 g/mol. The van der Waals surface area contributed by atoms with Gasteiger partial charge in [0.1, 0.15) is 0 Å². The van der Waals surface area contributed by atoms with Crippen LogP contribution in [0, 0.1) is 15.9 Å². The Hall–Kier alpha value is -0.870. The maximum Gasteiger partial charge on any atom is 0.231 e. The number of halogens is 3. The van der Waals surface area contributed by atoms with E-state index in [9.17, 15) is 14.5 Å². The molecule has 1 aromatic rings. The van der Waals surface area contributed by atoms with E-state index in [1.165, 1.54) is 12.1 Å². The van der Waals surface area contributed by atoms with Crippen molar-refractivity contribution in [2.45, 2.75) is 6.54 Å². The zero-order valence-electron chi connectivity index (χ0n) is 6.26. The van der Waals surface area contributed by atoms with Crippen LogP contribution in [0.15, 0.2) is 12.1 Å². The predicted molar refractivity (Wildman–Crippen MR) is 47.1 cm³/mol. The van der Waals surface area contributed by atoms with Crippen LogP contribution in [-0.2, 0) is 6.54 Å². The van der Waals surface area contributed by atoms with Gasteiger partial charge in [-0.3, -0.25) is 10.1 Å². The minimum absolute atomic E-state index is 0.109. The highest BCUT2D eigenvalue weighted by atomic mass is 35.5. The van der Waals surface area contributed by atoms with Crippen LogP contribution in [0.25, 0.3) is 0 Å². The first-order valence-electron chi connectivity index (χ1n) is 3.26. The van der Waals surface area contributed by atoms with Crippen LogP contribution in [0.3, 0.4) is 0 Å². The van der Waals surface area contributed by atoms with Gasteiger partial charge in [-0.15, -0.1) is 0 Å². The molecule has 0 unspecified atom stereocenters. The number of hydrogen-bond acceptors (Lipinski definition) is 2. The lowest BCUT2D eigenvalue weighted by molar-refractivity contribution is -0.497. The Labute approximate surface area is 83.2 Å². The van der Waals surface area contributed by atoms with E-state index in [2.05, 4.69) is 0 Å². The van der Waals surface area contributed by atoms with Crippen LogP contribution in [0.4, 0.5) is 4.39 Å². The first-order chi connectivity index (χ1) is 6.00. The van der Waals surface area contributed by atoms with Gasteiger partial charge < -0.3 is 0 Å². The highest BCUT2D eigenvalue weighted by molar-refractivity contribution is 6.34. The second kappa shape index (κ2) is 3.89. The van der Waals surface area contributed by atoms with Gasteiger partial charge in [-0.2, -0.15) is 0 Å². The van der Waals surface area contributed by atoms with Crippen molar-refractivity contribution in [1.82, 2.24) is 0 Å². The molecule has 0 amide bonds. The molecule has 0 spiro atoms. The summed E-state index contributed by atoms with van der Waals surface area (Å²) in [6, 6.07) is 2.38. The Balaban J connectivity index is 3.12. The molecule has 1 aromatic carbocycles. The maximum absolute atomic E-state index is 13.0. The van der Waals surface area contributed by atoms with Crippen molar-refractivity contribution in [2.75, 3.05) is 0 Å². The van der Waals surface area contributed by atoms with Gasteiger partial charge in [0.05, 0.1) is 10.6 Å². The number of hydrogen-bond donors (Lipinski definition) is 0. The third kappa shape index (κ3) is 2.54. The van der Waals surface area contributed by atoms with Crippen molar-refractivity contribution >= 4 is 23.2 Å². The second-order valence-electron chi connectivity index (χ2n) is 2.35. The van der Waals surface area contributed by atoms with Crippen molar-refractivity contribution in [3.8, 4) is 0 Å². The normalized spacial score (nSPS) is 10.1. The van der Waals surface area contributed by atoms with Gasteiger partial charge in [0.2, 0.25) is 6.54 Å². The molecule has 0 bridgehead atoms. The van der Waals surface area contributed by atoms with Gasteiger partial charge in [-0.05, 0) is 12.1 Å². The van der Waals surface area contributed by atoms with E-state index in [1.54, 1.807) is 0 Å². The number of nitro groups is 1. The van der Waals surface area contributed by atoms with E-state index in [0.717, 1.165) is 0 Å². The van der Waals surface area contributed by atoms with E-state index < -0.39 is 17.3 Å². The number of rotatable bonds is 2. The summed E-state index contributed by atoms with van der Waals surface area (Å²) in [6.45, 7) is -0.619. The molecule has 0 radical (unpaired) electrons. The third-order valence-electron chi connectivity index (χ3n) is 1.37. The SMILES string of the molecule is O=[N+]([O-])Cc1cc(Cl)cc(Cl)c1F.